The highest BCUT2D eigenvalue weighted by Crippen LogP contribution is 2.67. The van der Waals surface area contributed by atoms with E-state index in [9.17, 15) is 24.6 Å². The van der Waals surface area contributed by atoms with Gasteiger partial charge in [-0.1, -0.05) is 13.8 Å². The highest BCUT2D eigenvalue weighted by Gasteiger charge is 2.69. The molecule has 2 N–H and O–H groups in total. The maximum Gasteiger partial charge on any atom is 0.345 e. The lowest BCUT2D eigenvalue weighted by atomic mass is 9.42. The number of fused-ring (bicyclic) bond motifs is 4. The molecular weight excluding hydrogens is 506 g/mol. The molecule has 2 saturated carbocycles. The second-order valence-electron chi connectivity index (χ2n) is 11.9. The van der Waals surface area contributed by atoms with Gasteiger partial charge in [0.2, 0.25) is 0 Å². The van der Waals surface area contributed by atoms with Crippen LogP contribution in [0, 0.1) is 22.7 Å². The zero-order valence-corrected chi connectivity index (χ0v) is 22.8. The van der Waals surface area contributed by atoms with Gasteiger partial charge in [0.15, 0.2) is 0 Å². The molecule has 2 aliphatic carbocycles. The van der Waals surface area contributed by atoms with Gasteiger partial charge >= 0.3 is 17.6 Å². The lowest BCUT2D eigenvalue weighted by molar-refractivity contribution is -0.267. The summed E-state index contributed by atoms with van der Waals surface area (Å²) in [6, 6.07) is 5.02. The van der Waals surface area contributed by atoms with E-state index in [1.807, 2.05) is 13.8 Å². The van der Waals surface area contributed by atoms with Crippen molar-refractivity contribution in [2.24, 2.45) is 22.7 Å². The fourth-order valence-corrected chi connectivity index (χ4v) is 7.69. The Morgan fingerprint density at radius 2 is 1.92 bits per heavy atom. The predicted octanol–water partition coefficient (Wildman–Crippen LogP) is 3.18. The van der Waals surface area contributed by atoms with Crippen LogP contribution in [0.25, 0.3) is 11.3 Å². The molecule has 5 rings (SSSR count). The van der Waals surface area contributed by atoms with Gasteiger partial charge in [0, 0.05) is 49.2 Å². The first-order valence-electron chi connectivity index (χ1n) is 13.3. The third-order valence-corrected chi connectivity index (χ3v) is 9.45. The van der Waals surface area contributed by atoms with Gasteiger partial charge in [-0.25, -0.2) is 4.79 Å². The summed E-state index contributed by atoms with van der Waals surface area (Å²) in [7, 11) is 0. The Hall–Kier alpha value is -3.24. The fraction of sp³-hybridized carbons (Fsp3) is 0.586. The van der Waals surface area contributed by atoms with Crippen molar-refractivity contribution in [2.75, 3.05) is 6.61 Å². The second kappa shape index (κ2) is 9.45. The number of ether oxygens (including phenoxy) is 3. The molecule has 10 nitrogen and oxygen atoms in total. The van der Waals surface area contributed by atoms with Gasteiger partial charge in [-0.3, -0.25) is 14.6 Å². The third kappa shape index (κ3) is 4.24. The zero-order chi connectivity index (χ0) is 28.3. The van der Waals surface area contributed by atoms with Crippen molar-refractivity contribution >= 4 is 11.9 Å². The first kappa shape index (κ1) is 27.3. The van der Waals surface area contributed by atoms with Crippen LogP contribution in [0.2, 0.25) is 0 Å². The number of pyridine rings is 1. The van der Waals surface area contributed by atoms with Crippen LogP contribution in [0.1, 0.15) is 65.5 Å². The van der Waals surface area contributed by atoms with E-state index >= 15 is 0 Å². The fourth-order valence-electron chi connectivity index (χ4n) is 7.69. The number of rotatable bonds is 4. The molecule has 39 heavy (non-hydrogen) atoms. The first-order valence-corrected chi connectivity index (χ1v) is 13.3. The molecule has 0 saturated heterocycles. The van der Waals surface area contributed by atoms with Crippen LogP contribution in [0.5, 0.6) is 5.75 Å². The summed E-state index contributed by atoms with van der Waals surface area (Å²) in [5, 5.41) is 23.5. The first-order chi connectivity index (χ1) is 18.3. The number of esters is 2. The summed E-state index contributed by atoms with van der Waals surface area (Å²) in [6.07, 6.45) is 1.46. The minimum Gasteiger partial charge on any atom is -0.484 e. The van der Waals surface area contributed by atoms with Crippen LogP contribution < -0.4 is 10.4 Å². The molecule has 3 unspecified atom stereocenters. The van der Waals surface area contributed by atoms with Crippen LogP contribution >= 0.6 is 0 Å². The van der Waals surface area contributed by atoms with Crippen molar-refractivity contribution < 1.29 is 38.4 Å². The Labute approximate surface area is 226 Å². The standard InChI is InChI=1S/C29H35NO9/c1-15(31)36-14-28(4)20-12-21(33)29(5)25(27(20,3)9-8-22(28)37-16(2)32)24(34)23-19(39-29)11-18(38-26(23)35)17-7-6-10-30-13-17/h6-7,10-11,13,20-22,24-25,33-34H,8-9,12,14H2,1-5H3/t20?,21-,22-,24-,25?,27-,28?,29+/m0/s1. The molecular formula is C29H35NO9. The molecule has 2 aromatic heterocycles. The van der Waals surface area contributed by atoms with Crippen molar-refractivity contribution in [1.82, 2.24) is 4.98 Å². The van der Waals surface area contributed by atoms with E-state index in [1.165, 1.54) is 13.8 Å². The monoisotopic (exact) mass is 541 g/mol. The smallest absolute Gasteiger partial charge is 0.345 e. The summed E-state index contributed by atoms with van der Waals surface area (Å²) >= 11 is 0. The molecule has 3 aliphatic rings. The molecule has 210 valence electrons. The number of aromatic nitrogens is 1. The molecule has 2 aromatic rings. The average molecular weight is 542 g/mol. The van der Waals surface area contributed by atoms with Crippen LogP contribution in [0.3, 0.4) is 0 Å². The van der Waals surface area contributed by atoms with E-state index < -0.39 is 58.2 Å². The number of aliphatic hydroxyl groups excluding tert-OH is 2. The van der Waals surface area contributed by atoms with E-state index in [4.69, 9.17) is 18.6 Å². The quantitative estimate of drug-likeness (QED) is 0.554. The Morgan fingerprint density at radius 1 is 1.18 bits per heavy atom. The maximum atomic E-state index is 13.3. The van der Waals surface area contributed by atoms with Crippen molar-refractivity contribution in [1.29, 1.82) is 0 Å². The van der Waals surface area contributed by atoms with Crippen molar-refractivity contribution in [3.8, 4) is 17.1 Å². The summed E-state index contributed by atoms with van der Waals surface area (Å²) in [5.41, 5.74) is -2.94. The van der Waals surface area contributed by atoms with E-state index in [0.29, 0.717) is 18.4 Å². The van der Waals surface area contributed by atoms with Gasteiger partial charge in [-0.2, -0.15) is 0 Å². The number of hydrogen-bond donors (Lipinski definition) is 2. The Kier molecular flexibility index (Phi) is 6.62. The van der Waals surface area contributed by atoms with Crippen molar-refractivity contribution in [3.05, 3.63) is 46.6 Å². The van der Waals surface area contributed by atoms with Crippen LogP contribution in [-0.2, 0) is 19.1 Å². The van der Waals surface area contributed by atoms with Crippen LogP contribution in [0.15, 0.2) is 39.8 Å². The molecule has 10 heteroatoms. The summed E-state index contributed by atoms with van der Waals surface area (Å²) in [6.45, 7) is 8.28. The zero-order valence-electron chi connectivity index (χ0n) is 22.8. The minimum atomic E-state index is -1.30. The summed E-state index contributed by atoms with van der Waals surface area (Å²) in [5.74, 6) is -1.58. The normalized spacial score (nSPS) is 36.9. The number of carbonyl (C=O) groups is 2. The predicted molar refractivity (Wildman–Crippen MR) is 137 cm³/mol. The maximum absolute atomic E-state index is 13.3. The summed E-state index contributed by atoms with van der Waals surface area (Å²) in [4.78, 5) is 41.1. The van der Waals surface area contributed by atoms with Crippen LogP contribution in [0.4, 0.5) is 0 Å². The van der Waals surface area contributed by atoms with E-state index in [0.717, 1.165) is 0 Å². The second-order valence-corrected chi connectivity index (χ2v) is 11.9. The van der Waals surface area contributed by atoms with Gasteiger partial charge in [-0.05, 0) is 49.7 Å². The summed E-state index contributed by atoms with van der Waals surface area (Å²) < 4.78 is 23.2. The topological polar surface area (TPSA) is 145 Å². The van der Waals surface area contributed by atoms with E-state index in [1.54, 1.807) is 37.5 Å². The molecule has 1 aliphatic heterocycles. The van der Waals surface area contributed by atoms with Gasteiger partial charge in [0.05, 0.1) is 12.2 Å². The van der Waals surface area contributed by atoms with Crippen molar-refractivity contribution in [3.63, 3.8) is 0 Å². The van der Waals surface area contributed by atoms with Crippen molar-refractivity contribution in [2.45, 2.75) is 77.8 Å². The SMILES string of the molecule is CC(=O)OCC1(C)C2C[C@H](O)[C@@]3(C)Oc4cc(-c5cccnc5)oc(=O)c4[C@H](O)C3[C@@]2(C)CC[C@@H]1OC(C)=O. The molecule has 2 fully saturated rings. The molecule has 0 bridgehead atoms. The minimum absolute atomic E-state index is 0.00277. The Morgan fingerprint density at radius 3 is 2.56 bits per heavy atom. The highest BCUT2D eigenvalue weighted by molar-refractivity contribution is 5.67. The van der Waals surface area contributed by atoms with Gasteiger partial charge in [0.1, 0.15) is 35.4 Å². The van der Waals surface area contributed by atoms with Gasteiger partial charge < -0.3 is 28.8 Å². The molecule has 0 spiro atoms. The van der Waals surface area contributed by atoms with Crippen LogP contribution in [-0.4, -0.2) is 51.6 Å². The largest absolute Gasteiger partial charge is 0.484 e. The third-order valence-electron chi connectivity index (χ3n) is 9.45. The van der Waals surface area contributed by atoms with E-state index in [2.05, 4.69) is 4.98 Å². The highest BCUT2D eigenvalue weighted by atomic mass is 16.6. The Balaban J connectivity index is 1.61. The number of hydrogen-bond acceptors (Lipinski definition) is 10. The molecule has 0 radical (unpaired) electrons. The average Bonchev–Trinajstić information content (AvgIpc) is 2.86. The van der Waals surface area contributed by atoms with E-state index in [-0.39, 0.29) is 36.0 Å². The number of aliphatic hydroxyl groups is 2. The lowest BCUT2D eigenvalue weighted by Gasteiger charge is -2.66. The molecule has 0 amide bonds. The van der Waals surface area contributed by atoms with Gasteiger partial charge in [-0.15, -0.1) is 0 Å². The number of carbonyl (C=O) groups excluding carboxylic acids is 2. The number of nitrogens with zero attached hydrogens (tertiary/aromatic N) is 1. The van der Waals surface area contributed by atoms with Gasteiger partial charge in [0.25, 0.3) is 0 Å². The lowest BCUT2D eigenvalue weighted by Crippen LogP contribution is -2.71. The Bertz CT molecular complexity index is 1340. The molecule has 8 atom stereocenters. The molecule has 3 heterocycles. The molecule has 0 aromatic carbocycles.